The molecular formula is C16H16O4S. The van der Waals surface area contributed by atoms with Crippen molar-refractivity contribution in [1.29, 1.82) is 0 Å². The summed E-state index contributed by atoms with van der Waals surface area (Å²) >= 11 is 0. The van der Waals surface area contributed by atoms with Gasteiger partial charge in [0.15, 0.2) is 9.84 Å². The quantitative estimate of drug-likeness (QED) is 0.922. The zero-order chi connectivity index (χ0) is 15.5. The summed E-state index contributed by atoms with van der Waals surface area (Å²) in [5.74, 6) is -1.61. The molecule has 110 valence electrons. The minimum atomic E-state index is -3.38. The van der Waals surface area contributed by atoms with E-state index in [1.165, 1.54) is 0 Å². The Balaban J connectivity index is 2.19. The molecule has 0 amide bonds. The molecule has 0 spiro atoms. The molecule has 0 bridgehead atoms. The van der Waals surface area contributed by atoms with Gasteiger partial charge in [-0.25, -0.2) is 8.42 Å². The summed E-state index contributed by atoms with van der Waals surface area (Å²) in [5, 5.41) is 8.94. The Morgan fingerprint density at radius 2 is 1.62 bits per heavy atom. The highest BCUT2D eigenvalue weighted by molar-refractivity contribution is 7.90. The van der Waals surface area contributed by atoms with E-state index in [0.29, 0.717) is 11.1 Å². The summed E-state index contributed by atoms with van der Waals surface area (Å²) < 4.78 is 24.5. The number of hydrogen-bond donors (Lipinski definition) is 1. The molecule has 0 heterocycles. The number of sulfone groups is 1. The molecule has 0 aliphatic rings. The molecule has 0 aliphatic heterocycles. The van der Waals surface area contributed by atoms with Gasteiger partial charge in [-0.15, -0.1) is 0 Å². The van der Waals surface area contributed by atoms with Gasteiger partial charge in [-0.3, -0.25) is 4.79 Å². The van der Waals surface area contributed by atoms with Crippen LogP contribution in [0.4, 0.5) is 0 Å². The van der Waals surface area contributed by atoms with E-state index >= 15 is 0 Å². The number of carbonyl (C=O) groups is 1. The fourth-order valence-corrected chi connectivity index (χ4v) is 3.35. The first-order valence-corrected chi connectivity index (χ1v) is 8.15. The zero-order valence-corrected chi connectivity index (χ0v) is 12.4. The normalized spacial score (nSPS) is 12.8. The number of benzene rings is 2. The number of hydrogen-bond acceptors (Lipinski definition) is 3. The average molecular weight is 304 g/mol. The first-order valence-electron chi connectivity index (χ1n) is 6.49. The Morgan fingerprint density at radius 1 is 1.05 bits per heavy atom. The lowest BCUT2D eigenvalue weighted by molar-refractivity contribution is -0.138. The van der Waals surface area contributed by atoms with Gasteiger partial charge in [-0.1, -0.05) is 42.5 Å². The fraction of sp³-hybridized carbons (Fsp3) is 0.188. The van der Waals surface area contributed by atoms with Crippen LogP contribution in [-0.2, 0) is 20.4 Å². The van der Waals surface area contributed by atoms with Gasteiger partial charge in [0.1, 0.15) is 0 Å². The fourth-order valence-electron chi connectivity index (χ4n) is 1.98. The van der Waals surface area contributed by atoms with Crippen molar-refractivity contribution in [3.8, 4) is 0 Å². The number of carboxylic acids is 1. The second-order valence-electron chi connectivity index (χ2n) is 4.87. The first-order chi connectivity index (χ1) is 9.90. The predicted octanol–water partition coefficient (Wildman–Crippen LogP) is 2.85. The Labute approximate surface area is 124 Å². The van der Waals surface area contributed by atoms with Gasteiger partial charge in [-0.05, 0) is 30.2 Å². The monoisotopic (exact) mass is 304 g/mol. The standard InChI is InChI=1S/C16H16O4S/c1-12(16(17)18)14-9-7-13(8-10-14)11-21(19,20)15-5-3-2-4-6-15/h2-10,12H,11H2,1H3,(H,17,18). The van der Waals surface area contributed by atoms with E-state index in [4.69, 9.17) is 5.11 Å². The van der Waals surface area contributed by atoms with Gasteiger partial charge in [0.25, 0.3) is 0 Å². The Morgan fingerprint density at radius 3 is 2.14 bits per heavy atom. The van der Waals surface area contributed by atoms with Crippen LogP contribution >= 0.6 is 0 Å². The highest BCUT2D eigenvalue weighted by Crippen LogP contribution is 2.19. The van der Waals surface area contributed by atoms with Crippen molar-refractivity contribution >= 4 is 15.8 Å². The second kappa shape index (κ2) is 6.10. The molecule has 1 N–H and O–H groups in total. The van der Waals surface area contributed by atoms with Crippen LogP contribution in [0.2, 0.25) is 0 Å². The third-order valence-electron chi connectivity index (χ3n) is 3.31. The maximum atomic E-state index is 12.2. The minimum Gasteiger partial charge on any atom is -0.481 e. The van der Waals surface area contributed by atoms with Crippen LogP contribution in [0.25, 0.3) is 0 Å². The van der Waals surface area contributed by atoms with E-state index in [2.05, 4.69) is 0 Å². The van der Waals surface area contributed by atoms with Crippen molar-refractivity contribution in [2.24, 2.45) is 0 Å². The zero-order valence-electron chi connectivity index (χ0n) is 11.6. The molecule has 4 nitrogen and oxygen atoms in total. The van der Waals surface area contributed by atoms with Crippen molar-refractivity contribution in [3.05, 3.63) is 65.7 Å². The van der Waals surface area contributed by atoms with Crippen molar-refractivity contribution in [1.82, 2.24) is 0 Å². The second-order valence-corrected chi connectivity index (χ2v) is 6.86. The number of aliphatic carboxylic acids is 1. The molecule has 0 saturated carbocycles. The van der Waals surface area contributed by atoms with Gasteiger partial charge >= 0.3 is 5.97 Å². The third kappa shape index (κ3) is 3.70. The average Bonchev–Trinajstić information content (AvgIpc) is 2.48. The van der Waals surface area contributed by atoms with Gasteiger partial charge in [0.2, 0.25) is 0 Å². The molecule has 0 saturated heterocycles. The van der Waals surface area contributed by atoms with E-state index < -0.39 is 21.7 Å². The van der Waals surface area contributed by atoms with Gasteiger partial charge in [0.05, 0.1) is 16.6 Å². The molecular weight excluding hydrogens is 288 g/mol. The van der Waals surface area contributed by atoms with Crippen molar-refractivity contribution in [2.75, 3.05) is 0 Å². The van der Waals surface area contributed by atoms with Crippen LogP contribution in [0, 0.1) is 0 Å². The molecule has 2 rings (SSSR count). The molecule has 2 aromatic rings. The van der Waals surface area contributed by atoms with E-state index in [-0.39, 0.29) is 10.6 Å². The van der Waals surface area contributed by atoms with Crippen LogP contribution in [0.1, 0.15) is 24.0 Å². The third-order valence-corrected chi connectivity index (χ3v) is 5.01. The molecule has 21 heavy (non-hydrogen) atoms. The van der Waals surface area contributed by atoms with Gasteiger partial charge in [0, 0.05) is 0 Å². The maximum Gasteiger partial charge on any atom is 0.310 e. The minimum absolute atomic E-state index is 0.0985. The summed E-state index contributed by atoms with van der Waals surface area (Å²) in [5.41, 5.74) is 1.29. The van der Waals surface area contributed by atoms with Crippen LogP contribution in [0.3, 0.4) is 0 Å². The Kier molecular flexibility index (Phi) is 4.43. The largest absolute Gasteiger partial charge is 0.481 e. The highest BCUT2D eigenvalue weighted by Gasteiger charge is 2.16. The van der Waals surface area contributed by atoms with Crippen LogP contribution in [0.15, 0.2) is 59.5 Å². The van der Waals surface area contributed by atoms with Crippen molar-refractivity contribution in [3.63, 3.8) is 0 Å². The summed E-state index contributed by atoms with van der Waals surface area (Å²) in [6, 6.07) is 14.9. The predicted molar refractivity (Wildman–Crippen MR) is 79.8 cm³/mol. The molecule has 1 unspecified atom stereocenters. The summed E-state index contributed by atoms with van der Waals surface area (Å²) in [4.78, 5) is 11.2. The Bertz CT molecular complexity index is 719. The van der Waals surface area contributed by atoms with Gasteiger partial charge in [-0.2, -0.15) is 0 Å². The molecule has 1 atom stereocenters. The number of carboxylic acid groups (broad SMARTS) is 1. The lowest BCUT2D eigenvalue weighted by Crippen LogP contribution is -2.08. The van der Waals surface area contributed by atoms with Crippen molar-refractivity contribution < 1.29 is 18.3 Å². The van der Waals surface area contributed by atoms with E-state index in [0.717, 1.165) is 0 Å². The maximum absolute atomic E-state index is 12.2. The van der Waals surface area contributed by atoms with Crippen LogP contribution in [0.5, 0.6) is 0 Å². The summed E-state index contributed by atoms with van der Waals surface area (Å²) in [6.07, 6.45) is 0. The number of rotatable bonds is 5. The molecule has 0 aromatic heterocycles. The molecule has 0 fully saturated rings. The van der Waals surface area contributed by atoms with E-state index in [1.54, 1.807) is 61.5 Å². The topological polar surface area (TPSA) is 71.4 Å². The summed E-state index contributed by atoms with van der Waals surface area (Å²) in [7, 11) is -3.38. The first kappa shape index (κ1) is 15.3. The lowest BCUT2D eigenvalue weighted by atomic mass is 10.0. The SMILES string of the molecule is CC(C(=O)O)c1ccc(CS(=O)(=O)c2ccccc2)cc1. The van der Waals surface area contributed by atoms with E-state index in [1.807, 2.05) is 0 Å². The molecule has 2 aromatic carbocycles. The van der Waals surface area contributed by atoms with Crippen molar-refractivity contribution in [2.45, 2.75) is 23.5 Å². The molecule has 0 radical (unpaired) electrons. The summed E-state index contributed by atoms with van der Waals surface area (Å²) in [6.45, 7) is 1.60. The lowest BCUT2D eigenvalue weighted by Gasteiger charge is -2.08. The van der Waals surface area contributed by atoms with Crippen LogP contribution in [-0.4, -0.2) is 19.5 Å². The van der Waals surface area contributed by atoms with Crippen LogP contribution < -0.4 is 0 Å². The molecule has 0 aliphatic carbocycles. The van der Waals surface area contributed by atoms with E-state index in [9.17, 15) is 13.2 Å². The molecule has 5 heteroatoms. The highest BCUT2D eigenvalue weighted by atomic mass is 32.2. The van der Waals surface area contributed by atoms with Gasteiger partial charge < -0.3 is 5.11 Å². The Hall–Kier alpha value is -2.14. The smallest absolute Gasteiger partial charge is 0.310 e.